The van der Waals surface area contributed by atoms with Crippen LogP contribution in [0, 0.1) is 5.92 Å². The fourth-order valence-electron chi connectivity index (χ4n) is 3.15. The fraction of sp³-hybridized carbons (Fsp3) is 0.933. The summed E-state index contributed by atoms with van der Waals surface area (Å²) in [6, 6.07) is 0.689. The third-order valence-electron chi connectivity index (χ3n) is 4.32. The van der Waals surface area contributed by atoms with Gasteiger partial charge >= 0.3 is 5.97 Å². The number of nitrogens with one attached hydrogen (secondary N) is 1. The van der Waals surface area contributed by atoms with E-state index >= 15 is 0 Å². The van der Waals surface area contributed by atoms with E-state index in [1.807, 2.05) is 6.92 Å². The number of aliphatic carboxylic acids is 1. The van der Waals surface area contributed by atoms with Gasteiger partial charge in [0.15, 0.2) is 0 Å². The number of hydrogen-bond acceptors (Lipinski definition) is 3. The van der Waals surface area contributed by atoms with Gasteiger partial charge < -0.3 is 15.3 Å². The predicted octanol–water partition coefficient (Wildman–Crippen LogP) is 2.34. The van der Waals surface area contributed by atoms with Gasteiger partial charge in [-0.1, -0.05) is 13.8 Å². The lowest BCUT2D eigenvalue weighted by molar-refractivity contribution is -0.144. The van der Waals surface area contributed by atoms with Crippen LogP contribution in [0.2, 0.25) is 0 Å². The van der Waals surface area contributed by atoms with Gasteiger partial charge in [0, 0.05) is 12.6 Å². The van der Waals surface area contributed by atoms with E-state index in [-0.39, 0.29) is 0 Å². The van der Waals surface area contributed by atoms with E-state index in [1.165, 1.54) is 13.0 Å². The molecule has 0 saturated carbocycles. The van der Waals surface area contributed by atoms with Crippen LogP contribution >= 0.6 is 0 Å². The van der Waals surface area contributed by atoms with Crippen molar-refractivity contribution in [2.45, 2.75) is 65.0 Å². The van der Waals surface area contributed by atoms with Crippen molar-refractivity contribution in [2.75, 3.05) is 19.6 Å². The van der Waals surface area contributed by atoms with Gasteiger partial charge in [-0.05, 0) is 58.5 Å². The summed E-state index contributed by atoms with van der Waals surface area (Å²) < 4.78 is 0. The first-order chi connectivity index (χ1) is 8.89. The number of unbranched alkanes of at least 4 members (excludes halogenated alkanes) is 1. The summed E-state index contributed by atoms with van der Waals surface area (Å²) in [6.45, 7) is 11.3. The summed E-state index contributed by atoms with van der Waals surface area (Å²) >= 11 is 0. The first-order valence-electron chi connectivity index (χ1n) is 7.61. The first-order valence-corrected chi connectivity index (χ1v) is 7.61. The molecule has 1 aliphatic rings. The van der Waals surface area contributed by atoms with Crippen molar-refractivity contribution < 1.29 is 9.90 Å². The van der Waals surface area contributed by atoms with Gasteiger partial charge in [-0.25, -0.2) is 0 Å². The normalized spacial score (nSPS) is 27.4. The highest BCUT2D eigenvalue weighted by Crippen LogP contribution is 2.23. The molecule has 0 aromatic heterocycles. The van der Waals surface area contributed by atoms with Crippen LogP contribution in [0.4, 0.5) is 0 Å². The van der Waals surface area contributed by atoms with Crippen LogP contribution in [0.3, 0.4) is 0 Å². The third-order valence-corrected chi connectivity index (χ3v) is 4.32. The van der Waals surface area contributed by atoms with E-state index in [9.17, 15) is 9.90 Å². The molecule has 1 rings (SSSR count). The zero-order chi connectivity index (χ0) is 14.5. The Bertz CT molecular complexity index is 296. The van der Waals surface area contributed by atoms with E-state index < -0.39 is 11.5 Å². The van der Waals surface area contributed by atoms with Crippen molar-refractivity contribution in [1.29, 1.82) is 0 Å². The van der Waals surface area contributed by atoms with E-state index in [0.717, 1.165) is 25.3 Å². The third kappa shape index (κ3) is 4.77. The van der Waals surface area contributed by atoms with Gasteiger partial charge in [-0.3, -0.25) is 4.79 Å². The minimum atomic E-state index is -0.765. The highest BCUT2D eigenvalue weighted by atomic mass is 16.4. The minimum absolute atomic E-state index is 0.689. The van der Waals surface area contributed by atoms with E-state index in [4.69, 9.17) is 0 Å². The van der Waals surface area contributed by atoms with Gasteiger partial charge in [0.2, 0.25) is 0 Å². The molecule has 1 heterocycles. The van der Waals surface area contributed by atoms with Gasteiger partial charge in [-0.2, -0.15) is 0 Å². The second-order valence-corrected chi connectivity index (χ2v) is 6.31. The van der Waals surface area contributed by atoms with Crippen LogP contribution in [0.1, 0.15) is 53.4 Å². The van der Waals surface area contributed by atoms with Crippen molar-refractivity contribution in [3.63, 3.8) is 0 Å². The molecule has 0 aliphatic carbocycles. The minimum Gasteiger partial charge on any atom is -0.480 e. The maximum absolute atomic E-state index is 11.3. The van der Waals surface area contributed by atoms with E-state index in [0.29, 0.717) is 19.0 Å². The molecular formula is C15H30N2O2. The number of carboxylic acids is 1. The predicted molar refractivity (Wildman–Crippen MR) is 78.4 cm³/mol. The zero-order valence-electron chi connectivity index (χ0n) is 12.9. The molecule has 1 fully saturated rings. The van der Waals surface area contributed by atoms with Crippen molar-refractivity contribution in [2.24, 2.45) is 5.92 Å². The molecule has 112 valence electrons. The molecular weight excluding hydrogens is 240 g/mol. The van der Waals surface area contributed by atoms with Crippen molar-refractivity contribution in [1.82, 2.24) is 10.2 Å². The number of likely N-dealkylation sites (N-methyl/N-ethyl adjacent to an activating group) is 1. The Kier molecular flexibility index (Phi) is 6.27. The quantitative estimate of drug-likeness (QED) is 0.665. The van der Waals surface area contributed by atoms with E-state index in [1.54, 1.807) is 6.92 Å². The molecule has 3 unspecified atom stereocenters. The highest BCUT2D eigenvalue weighted by molar-refractivity contribution is 5.78. The number of nitrogens with zero attached hydrogens (tertiary/aromatic N) is 1. The highest BCUT2D eigenvalue weighted by Gasteiger charge is 2.31. The number of carbonyl (C=O) groups is 1. The topological polar surface area (TPSA) is 52.6 Å². The largest absolute Gasteiger partial charge is 0.480 e. The standard InChI is InChI=1S/C15H30N2O2/c1-5-16-15(4,14(18)19)8-6-7-9-17-11-12(2)10-13(17)3/h12-13,16H,5-11H2,1-4H3,(H,18,19). The van der Waals surface area contributed by atoms with Crippen LogP contribution in [-0.2, 0) is 4.79 Å². The summed E-state index contributed by atoms with van der Waals surface area (Å²) in [4.78, 5) is 13.8. The molecule has 0 bridgehead atoms. The van der Waals surface area contributed by atoms with Crippen LogP contribution in [0.5, 0.6) is 0 Å². The van der Waals surface area contributed by atoms with Gasteiger partial charge in [0.25, 0.3) is 0 Å². The molecule has 3 atom stereocenters. The summed E-state index contributed by atoms with van der Waals surface area (Å²) in [7, 11) is 0. The number of rotatable bonds is 8. The van der Waals surface area contributed by atoms with Gasteiger partial charge in [0.05, 0.1) is 0 Å². The van der Waals surface area contributed by atoms with Crippen molar-refractivity contribution in [3.8, 4) is 0 Å². The van der Waals surface area contributed by atoms with Crippen LogP contribution in [0.15, 0.2) is 0 Å². The number of likely N-dealkylation sites (tertiary alicyclic amines) is 1. The van der Waals surface area contributed by atoms with Gasteiger partial charge in [0.1, 0.15) is 5.54 Å². The van der Waals surface area contributed by atoms with Gasteiger partial charge in [-0.15, -0.1) is 0 Å². The maximum atomic E-state index is 11.3. The molecule has 0 amide bonds. The number of carboxylic acid groups (broad SMARTS) is 1. The van der Waals surface area contributed by atoms with Crippen LogP contribution < -0.4 is 5.32 Å². The Morgan fingerprint density at radius 3 is 2.58 bits per heavy atom. The Morgan fingerprint density at radius 2 is 2.11 bits per heavy atom. The average molecular weight is 270 g/mol. The number of hydrogen-bond donors (Lipinski definition) is 2. The molecule has 1 saturated heterocycles. The molecule has 1 aliphatic heterocycles. The summed E-state index contributed by atoms with van der Waals surface area (Å²) in [5, 5.41) is 12.4. The monoisotopic (exact) mass is 270 g/mol. The molecule has 4 nitrogen and oxygen atoms in total. The second kappa shape index (κ2) is 7.25. The Balaban J connectivity index is 2.27. The lowest BCUT2D eigenvalue weighted by Gasteiger charge is -2.26. The summed E-state index contributed by atoms with van der Waals surface area (Å²) in [5.74, 6) is 0.0681. The van der Waals surface area contributed by atoms with Crippen LogP contribution in [-0.4, -0.2) is 47.2 Å². The zero-order valence-corrected chi connectivity index (χ0v) is 12.9. The SMILES string of the molecule is CCNC(C)(CCCCN1CC(C)CC1C)C(=O)O. The Labute approximate surface area is 117 Å². The molecule has 0 aromatic carbocycles. The van der Waals surface area contributed by atoms with Crippen LogP contribution in [0.25, 0.3) is 0 Å². The van der Waals surface area contributed by atoms with Crippen molar-refractivity contribution in [3.05, 3.63) is 0 Å². The lowest BCUT2D eigenvalue weighted by Crippen LogP contribution is -2.49. The first kappa shape index (κ1) is 16.4. The Morgan fingerprint density at radius 1 is 1.42 bits per heavy atom. The Hall–Kier alpha value is -0.610. The fourth-order valence-corrected chi connectivity index (χ4v) is 3.15. The molecule has 0 aromatic rings. The molecule has 0 spiro atoms. The van der Waals surface area contributed by atoms with Crippen molar-refractivity contribution >= 4 is 5.97 Å². The average Bonchev–Trinajstić information content (AvgIpc) is 2.63. The van der Waals surface area contributed by atoms with E-state index in [2.05, 4.69) is 24.1 Å². The lowest BCUT2D eigenvalue weighted by atomic mass is 9.95. The molecule has 19 heavy (non-hydrogen) atoms. The summed E-state index contributed by atoms with van der Waals surface area (Å²) in [5.41, 5.74) is -0.765. The summed E-state index contributed by atoms with van der Waals surface area (Å²) in [6.07, 6.45) is 4.05. The smallest absolute Gasteiger partial charge is 0.323 e. The maximum Gasteiger partial charge on any atom is 0.323 e. The second-order valence-electron chi connectivity index (χ2n) is 6.31. The molecule has 4 heteroatoms. The molecule has 2 N–H and O–H groups in total. The molecule has 0 radical (unpaired) electrons.